The van der Waals surface area contributed by atoms with Crippen LogP contribution in [-0.2, 0) is 11.2 Å². The molecule has 2 aromatic heterocycles. The summed E-state index contributed by atoms with van der Waals surface area (Å²) in [5.74, 6) is 0.308. The average Bonchev–Trinajstić information content (AvgIpc) is 3.47. The molecule has 0 unspecified atom stereocenters. The van der Waals surface area contributed by atoms with E-state index in [-0.39, 0.29) is 18.4 Å². The quantitative estimate of drug-likeness (QED) is 0.291. The van der Waals surface area contributed by atoms with Crippen LogP contribution < -0.4 is 15.4 Å². The van der Waals surface area contributed by atoms with Crippen LogP contribution in [-0.4, -0.2) is 56.5 Å². The third-order valence-corrected chi connectivity index (χ3v) is 8.33. The fraction of sp³-hybridized carbons (Fsp3) is 0.364. The Balaban J connectivity index is 1.30. The number of aromatic nitrogens is 1. The van der Waals surface area contributed by atoms with Crippen LogP contribution in [0.4, 0.5) is 8.78 Å². The van der Waals surface area contributed by atoms with Gasteiger partial charge in [0.05, 0.1) is 30.3 Å². The lowest BCUT2D eigenvalue weighted by Gasteiger charge is -2.27. The number of carbonyl (C=O) groups excluding carboxylic acids is 1. The highest BCUT2D eigenvalue weighted by Gasteiger charge is 2.27. The molecule has 0 aliphatic carbocycles. The normalized spacial score (nSPS) is 19.2. The molecule has 2 saturated heterocycles. The van der Waals surface area contributed by atoms with E-state index in [2.05, 4.69) is 21.7 Å². The van der Waals surface area contributed by atoms with Crippen LogP contribution in [0.5, 0.6) is 5.75 Å². The predicted octanol–water partition coefficient (Wildman–Crippen LogP) is 5.58. The molecule has 0 bridgehead atoms. The van der Waals surface area contributed by atoms with Crippen molar-refractivity contribution in [3.8, 4) is 34.3 Å². The van der Waals surface area contributed by atoms with E-state index < -0.39 is 18.0 Å². The Morgan fingerprint density at radius 3 is 2.77 bits per heavy atom. The zero-order valence-corrected chi connectivity index (χ0v) is 23.8. The lowest BCUT2D eigenvalue weighted by atomic mass is 9.88. The minimum Gasteiger partial charge on any atom is -0.496 e. The smallest absolute Gasteiger partial charge is 0.251 e. The zero-order chi connectivity index (χ0) is 29.9. The van der Waals surface area contributed by atoms with E-state index in [1.54, 1.807) is 42.6 Å². The number of hydrogen-bond donors (Lipinski definition) is 2. The van der Waals surface area contributed by atoms with Gasteiger partial charge in [0, 0.05) is 48.7 Å². The van der Waals surface area contributed by atoms with Crippen LogP contribution in [0.2, 0.25) is 0 Å². The van der Waals surface area contributed by atoms with E-state index in [9.17, 15) is 14.4 Å². The number of methoxy groups -OCH3 is 1. The fourth-order valence-corrected chi connectivity index (χ4v) is 5.91. The molecule has 2 aliphatic heterocycles. The van der Waals surface area contributed by atoms with Gasteiger partial charge in [0.25, 0.3) is 5.91 Å². The first-order valence-electron chi connectivity index (χ1n) is 14.5. The summed E-state index contributed by atoms with van der Waals surface area (Å²) in [6.07, 6.45) is 3.15. The van der Waals surface area contributed by atoms with E-state index in [0.29, 0.717) is 88.6 Å². The summed E-state index contributed by atoms with van der Waals surface area (Å²) in [5.41, 5.74) is 3.74. The van der Waals surface area contributed by atoms with Crippen LogP contribution in [0, 0.1) is 23.1 Å². The van der Waals surface area contributed by atoms with Crippen LogP contribution >= 0.6 is 0 Å². The Hall–Kier alpha value is -4.33. The maximum atomic E-state index is 15.5. The third-order valence-electron chi connectivity index (χ3n) is 8.33. The van der Waals surface area contributed by atoms with Crippen molar-refractivity contribution in [2.45, 2.75) is 37.9 Å². The van der Waals surface area contributed by atoms with Gasteiger partial charge in [-0.3, -0.25) is 9.78 Å². The number of pyridine rings is 1. The van der Waals surface area contributed by atoms with Crippen molar-refractivity contribution < 1.29 is 27.5 Å². The van der Waals surface area contributed by atoms with Crippen LogP contribution in [0.15, 0.2) is 53.1 Å². The number of carbonyl (C=O) groups is 1. The number of ether oxygens (including phenoxy) is 2. The number of hydrogen-bond acceptors (Lipinski definition) is 7. The number of rotatable bonds is 7. The van der Waals surface area contributed by atoms with E-state index in [1.807, 2.05) is 0 Å². The molecule has 0 saturated carbocycles. The van der Waals surface area contributed by atoms with Crippen molar-refractivity contribution in [2.75, 3.05) is 33.4 Å². The monoisotopic (exact) mass is 586 g/mol. The molecule has 6 rings (SSSR count). The summed E-state index contributed by atoms with van der Waals surface area (Å²) in [6, 6.07) is 13.2. The predicted molar refractivity (Wildman–Crippen MR) is 157 cm³/mol. The summed E-state index contributed by atoms with van der Waals surface area (Å²) >= 11 is 0. The lowest BCUT2D eigenvalue weighted by molar-refractivity contribution is 0.0663. The van der Waals surface area contributed by atoms with E-state index in [4.69, 9.17) is 13.9 Å². The molecule has 2 atom stereocenters. The SMILES string of the molecule is COc1cc(C(=O)N[C@H]2CCNC[C@H]2F)ccc1-c1cc2nccc(-c3cc(F)c(CC4CCOCC4)c(C#N)c3)c2o1. The molecule has 0 spiro atoms. The standard InChI is InChI=1S/C33H32F2N4O4/c1-41-30-15-20(33(40)39-28-5-8-37-18-27(28)35)2-3-24(30)31-16-29-32(43-31)23(4-9-38-29)21-13-22(17-36)25(26(34)14-21)12-19-6-10-42-11-7-19/h2-4,9,13-16,19,27-28,37H,5-8,10-12,18H2,1H3,(H,39,40)/t27-,28+/m1/s1. The highest BCUT2D eigenvalue weighted by molar-refractivity contribution is 5.97. The van der Waals surface area contributed by atoms with Crippen LogP contribution in [0.25, 0.3) is 33.6 Å². The molecule has 0 radical (unpaired) electrons. The topological polar surface area (TPSA) is 109 Å². The highest BCUT2D eigenvalue weighted by atomic mass is 19.1. The number of fused-ring (bicyclic) bond motifs is 1. The van der Waals surface area contributed by atoms with Crippen molar-refractivity contribution in [2.24, 2.45) is 5.92 Å². The lowest BCUT2D eigenvalue weighted by Crippen LogP contribution is -2.50. The molecular weight excluding hydrogens is 554 g/mol. The first-order valence-corrected chi connectivity index (χ1v) is 14.5. The van der Waals surface area contributed by atoms with Gasteiger partial charge in [-0.1, -0.05) is 0 Å². The van der Waals surface area contributed by atoms with E-state index in [1.165, 1.54) is 13.2 Å². The molecule has 4 aromatic rings. The van der Waals surface area contributed by atoms with Gasteiger partial charge in [0.2, 0.25) is 0 Å². The number of halogens is 2. The number of nitrogens with zero attached hydrogens (tertiary/aromatic N) is 2. The van der Waals surface area contributed by atoms with E-state index in [0.717, 1.165) is 12.8 Å². The largest absolute Gasteiger partial charge is 0.496 e. The third kappa shape index (κ3) is 5.96. The van der Waals surface area contributed by atoms with Crippen molar-refractivity contribution in [3.63, 3.8) is 0 Å². The summed E-state index contributed by atoms with van der Waals surface area (Å²) in [5, 5.41) is 15.6. The van der Waals surface area contributed by atoms with Gasteiger partial charge in [-0.2, -0.15) is 5.26 Å². The van der Waals surface area contributed by atoms with Gasteiger partial charge >= 0.3 is 0 Å². The van der Waals surface area contributed by atoms with Crippen LogP contribution in [0.1, 0.15) is 40.7 Å². The number of amides is 1. The Labute approximate surface area is 248 Å². The van der Waals surface area contributed by atoms with Gasteiger partial charge in [0.1, 0.15) is 29.0 Å². The first-order chi connectivity index (χ1) is 20.9. The van der Waals surface area contributed by atoms with Gasteiger partial charge in [-0.05, 0) is 80.1 Å². The number of nitrogens with one attached hydrogen (secondary N) is 2. The number of nitriles is 1. The minimum absolute atomic E-state index is 0.209. The van der Waals surface area contributed by atoms with Gasteiger partial charge in [0.15, 0.2) is 5.58 Å². The maximum Gasteiger partial charge on any atom is 0.251 e. The molecule has 222 valence electrons. The number of furan rings is 1. The van der Waals surface area contributed by atoms with E-state index >= 15 is 4.39 Å². The first kappa shape index (κ1) is 28.8. The number of piperidine rings is 1. The molecule has 4 heterocycles. The highest BCUT2D eigenvalue weighted by Crippen LogP contribution is 2.38. The van der Waals surface area contributed by atoms with Gasteiger partial charge in [-0.15, -0.1) is 0 Å². The molecule has 2 aliphatic rings. The Morgan fingerprint density at radius 1 is 1.16 bits per heavy atom. The molecule has 43 heavy (non-hydrogen) atoms. The second-order valence-corrected chi connectivity index (χ2v) is 11.0. The maximum absolute atomic E-state index is 15.5. The molecule has 2 N–H and O–H groups in total. The Kier molecular flexibility index (Phi) is 8.36. The Bertz CT molecular complexity index is 1690. The second kappa shape index (κ2) is 12.5. The Morgan fingerprint density at radius 2 is 2.00 bits per heavy atom. The summed E-state index contributed by atoms with van der Waals surface area (Å²) < 4.78 is 47.0. The summed E-state index contributed by atoms with van der Waals surface area (Å²) in [4.78, 5) is 17.3. The summed E-state index contributed by atoms with van der Waals surface area (Å²) in [7, 11) is 1.49. The molecule has 2 aromatic carbocycles. The fourth-order valence-electron chi connectivity index (χ4n) is 5.91. The number of benzene rings is 2. The second-order valence-electron chi connectivity index (χ2n) is 11.0. The molecule has 10 heteroatoms. The molecular formula is C33H32F2N4O4. The van der Waals surface area contributed by atoms with Gasteiger partial charge in [-0.25, -0.2) is 8.78 Å². The van der Waals surface area contributed by atoms with Gasteiger partial charge < -0.3 is 24.5 Å². The van der Waals surface area contributed by atoms with Crippen LogP contribution in [0.3, 0.4) is 0 Å². The van der Waals surface area contributed by atoms with Crippen molar-refractivity contribution in [3.05, 3.63) is 71.2 Å². The summed E-state index contributed by atoms with van der Waals surface area (Å²) in [6.45, 7) is 2.16. The zero-order valence-electron chi connectivity index (χ0n) is 23.8. The van der Waals surface area contributed by atoms with Crippen molar-refractivity contribution in [1.29, 1.82) is 5.26 Å². The van der Waals surface area contributed by atoms with Crippen molar-refractivity contribution >= 4 is 17.0 Å². The molecule has 1 amide bonds. The molecule has 8 nitrogen and oxygen atoms in total. The molecule has 2 fully saturated rings. The average molecular weight is 587 g/mol. The minimum atomic E-state index is -1.16. The van der Waals surface area contributed by atoms with Crippen molar-refractivity contribution in [1.82, 2.24) is 15.6 Å². The number of alkyl halides is 1.